The Labute approximate surface area is 120 Å². The number of nitrogens with zero attached hydrogens (tertiary/aromatic N) is 2. The van der Waals surface area contributed by atoms with Crippen LogP contribution in [0.3, 0.4) is 0 Å². The number of carboxylic acids is 1. The van der Waals surface area contributed by atoms with E-state index in [-0.39, 0.29) is 19.5 Å². The van der Waals surface area contributed by atoms with Gasteiger partial charge < -0.3 is 14.9 Å². The van der Waals surface area contributed by atoms with Crippen LogP contribution in [0.5, 0.6) is 0 Å². The summed E-state index contributed by atoms with van der Waals surface area (Å²) in [5, 5.41) is 9.00. The number of piperidine rings is 2. The molecular weight excluding hydrogens is 289 g/mol. The van der Waals surface area contributed by atoms with Crippen LogP contribution in [-0.4, -0.2) is 59.3 Å². The van der Waals surface area contributed by atoms with Crippen molar-refractivity contribution in [3.8, 4) is 0 Å². The van der Waals surface area contributed by atoms with Gasteiger partial charge in [-0.1, -0.05) is 0 Å². The van der Waals surface area contributed by atoms with E-state index in [1.54, 1.807) is 0 Å². The quantitative estimate of drug-likeness (QED) is 0.807. The number of carboxylic acid groups (broad SMARTS) is 1. The average molecular weight is 308 g/mol. The molecule has 5 nitrogen and oxygen atoms in total. The number of urea groups is 1. The lowest BCUT2D eigenvalue weighted by Gasteiger charge is -2.39. The van der Waals surface area contributed by atoms with Crippen LogP contribution in [0.4, 0.5) is 18.0 Å². The number of rotatable bonds is 1. The van der Waals surface area contributed by atoms with Gasteiger partial charge in [-0.3, -0.25) is 4.79 Å². The summed E-state index contributed by atoms with van der Waals surface area (Å²) in [5.74, 6) is -3.06. The smallest absolute Gasteiger partial charge is 0.393 e. The summed E-state index contributed by atoms with van der Waals surface area (Å²) in [6.45, 7) is 0.480. The Morgan fingerprint density at radius 3 is 2.14 bits per heavy atom. The predicted molar refractivity (Wildman–Crippen MR) is 67.7 cm³/mol. The normalized spacial score (nSPS) is 27.6. The fourth-order valence-corrected chi connectivity index (χ4v) is 2.97. The largest absolute Gasteiger partial charge is 0.481 e. The number of amides is 2. The molecule has 0 aromatic heterocycles. The number of hydrogen-bond acceptors (Lipinski definition) is 2. The van der Waals surface area contributed by atoms with Gasteiger partial charge in [-0.2, -0.15) is 13.2 Å². The summed E-state index contributed by atoms with van der Waals surface area (Å²) in [4.78, 5) is 25.9. The van der Waals surface area contributed by atoms with Crippen molar-refractivity contribution in [3.63, 3.8) is 0 Å². The van der Waals surface area contributed by atoms with Gasteiger partial charge in [0.2, 0.25) is 0 Å². The molecule has 21 heavy (non-hydrogen) atoms. The summed E-state index contributed by atoms with van der Waals surface area (Å²) >= 11 is 0. The lowest BCUT2D eigenvalue weighted by atomic mass is 9.96. The molecule has 0 radical (unpaired) electrons. The van der Waals surface area contributed by atoms with Crippen LogP contribution >= 0.6 is 0 Å². The molecule has 1 N–H and O–H groups in total. The van der Waals surface area contributed by atoms with Crippen LogP contribution in [-0.2, 0) is 4.79 Å². The molecule has 0 bridgehead atoms. The monoisotopic (exact) mass is 308 g/mol. The van der Waals surface area contributed by atoms with Crippen molar-refractivity contribution < 1.29 is 27.9 Å². The van der Waals surface area contributed by atoms with Gasteiger partial charge >= 0.3 is 18.2 Å². The summed E-state index contributed by atoms with van der Waals surface area (Å²) in [7, 11) is 0. The zero-order chi connectivity index (χ0) is 15.6. The number of alkyl halides is 3. The third-order valence-corrected chi connectivity index (χ3v) is 4.20. The Hall–Kier alpha value is -1.47. The van der Waals surface area contributed by atoms with E-state index >= 15 is 0 Å². The Balaban J connectivity index is 1.97. The van der Waals surface area contributed by atoms with Gasteiger partial charge in [0, 0.05) is 26.2 Å². The minimum Gasteiger partial charge on any atom is -0.481 e. The standard InChI is InChI=1S/C13H19F3N2O3/c14-13(15,16)10-4-2-6-18(8-10)12(21)17-5-1-3-9(7-17)11(19)20/h9-10H,1-8H2,(H,19,20)/t9-,10?/m1/s1. The van der Waals surface area contributed by atoms with E-state index < -0.39 is 30.0 Å². The molecule has 2 fully saturated rings. The summed E-state index contributed by atoms with van der Waals surface area (Å²) in [6.07, 6.45) is -2.84. The molecule has 2 aliphatic rings. The molecule has 8 heteroatoms. The number of halogens is 3. The first-order valence-corrected chi connectivity index (χ1v) is 7.12. The Bertz CT molecular complexity index is 414. The number of aliphatic carboxylic acids is 1. The third-order valence-electron chi connectivity index (χ3n) is 4.20. The highest BCUT2D eigenvalue weighted by Gasteiger charge is 2.43. The van der Waals surface area contributed by atoms with Crippen molar-refractivity contribution >= 4 is 12.0 Å². The lowest BCUT2D eigenvalue weighted by Crippen LogP contribution is -2.52. The van der Waals surface area contributed by atoms with Crippen molar-refractivity contribution in [1.29, 1.82) is 0 Å². The molecule has 0 aromatic rings. The molecule has 2 atom stereocenters. The third kappa shape index (κ3) is 3.79. The van der Waals surface area contributed by atoms with Crippen LogP contribution in [0, 0.1) is 11.8 Å². The highest BCUT2D eigenvalue weighted by atomic mass is 19.4. The van der Waals surface area contributed by atoms with Crippen LogP contribution in [0.15, 0.2) is 0 Å². The predicted octanol–water partition coefficient (Wildman–Crippen LogP) is 2.18. The molecule has 2 saturated heterocycles. The van der Waals surface area contributed by atoms with Crippen molar-refractivity contribution in [1.82, 2.24) is 9.80 Å². The summed E-state index contributed by atoms with van der Waals surface area (Å²) in [6, 6.07) is -0.463. The molecule has 120 valence electrons. The highest BCUT2D eigenvalue weighted by molar-refractivity contribution is 5.76. The lowest BCUT2D eigenvalue weighted by molar-refractivity contribution is -0.184. The maximum Gasteiger partial charge on any atom is 0.393 e. The second kappa shape index (κ2) is 6.11. The van der Waals surface area contributed by atoms with Gasteiger partial charge in [0.15, 0.2) is 0 Å². The Morgan fingerprint density at radius 2 is 1.57 bits per heavy atom. The van der Waals surface area contributed by atoms with E-state index in [1.165, 1.54) is 9.80 Å². The van der Waals surface area contributed by atoms with Gasteiger partial charge in [-0.05, 0) is 25.7 Å². The van der Waals surface area contributed by atoms with E-state index in [4.69, 9.17) is 5.11 Å². The summed E-state index contributed by atoms with van der Waals surface area (Å²) in [5.41, 5.74) is 0. The maximum atomic E-state index is 12.8. The van der Waals surface area contributed by atoms with Gasteiger partial charge in [0.25, 0.3) is 0 Å². The molecular formula is C13H19F3N2O3. The minimum atomic E-state index is -4.29. The first-order chi connectivity index (χ1) is 9.79. The van der Waals surface area contributed by atoms with Gasteiger partial charge in [0.05, 0.1) is 11.8 Å². The number of likely N-dealkylation sites (tertiary alicyclic amines) is 2. The van der Waals surface area contributed by atoms with Crippen molar-refractivity contribution in [2.75, 3.05) is 26.2 Å². The minimum absolute atomic E-state index is 0.0467. The second-order valence-corrected chi connectivity index (χ2v) is 5.73. The van der Waals surface area contributed by atoms with Crippen molar-refractivity contribution in [3.05, 3.63) is 0 Å². The fourth-order valence-electron chi connectivity index (χ4n) is 2.97. The number of carbonyl (C=O) groups is 2. The topological polar surface area (TPSA) is 60.9 Å². The van der Waals surface area contributed by atoms with Crippen LogP contribution in [0.25, 0.3) is 0 Å². The number of carbonyl (C=O) groups excluding carboxylic acids is 1. The zero-order valence-electron chi connectivity index (χ0n) is 11.6. The summed E-state index contributed by atoms with van der Waals surface area (Å²) < 4.78 is 38.3. The van der Waals surface area contributed by atoms with Crippen LogP contribution in [0.2, 0.25) is 0 Å². The molecule has 2 amide bonds. The number of hydrogen-bond donors (Lipinski definition) is 1. The van der Waals surface area contributed by atoms with E-state index in [0.717, 1.165) is 0 Å². The van der Waals surface area contributed by atoms with Gasteiger partial charge in [-0.25, -0.2) is 4.79 Å². The van der Waals surface area contributed by atoms with E-state index in [1.807, 2.05) is 0 Å². The van der Waals surface area contributed by atoms with E-state index in [0.29, 0.717) is 32.4 Å². The first kappa shape index (κ1) is 15.9. The molecule has 2 heterocycles. The molecule has 1 unspecified atom stereocenters. The molecule has 2 rings (SSSR count). The maximum absolute atomic E-state index is 12.8. The van der Waals surface area contributed by atoms with Gasteiger partial charge in [-0.15, -0.1) is 0 Å². The van der Waals surface area contributed by atoms with E-state index in [2.05, 4.69) is 0 Å². The van der Waals surface area contributed by atoms with Crippen molar-refractivity contribution in [2.24, 2.45) is 11.8 Å². The average Bonchev–Trinajstić information content (AvgIpc) is 2.46. The molecule has 0 aliphatic carbocycles. The molecule has 2 aliphatic heterocycles. The van der Waals surface area contributed by atoms with Crippen LogP contribution in [0.1, 0.15) is 25.7 Å². The first-order valence-electron chi connectivity index (χ1n) is 7.12. The molecule has 0 spiro atoms. The molecule has 0 aromatic carbocycles. The molecule has 0 saturated carbocycles. The SMILES string of the molecule is O=C(O)[C@@H]1CCCN(C(=O)N2CCCC(C(F)(F)F)C2)C1. The second-order valence-electron chi connectivity index (χ2n) is 5.73. The van der Waals surface area contributed by atoms with E-state index in [9.17, 15) is 22.8 Å². The Morgan fingerprint density at radius 1 is 1.00 bits per heavy atom. The fraction of sp³-hybridized carbons (Fsp3) is 0.846. The van der Waals surface area contributed by atoms with Crippen LogP contribution < -0.4 is 0 Å². The van der Waals surface area contributed by atoms with Crippen molar-refractivity contribution in [2.45, 2.75) is 31.9 Å². The zero-order valence-corrected chi connectivity index (χ0v) is 11.6. The Kier molecular flexibility index (Phi) is 4.63. The highest BCUT2D eigenvalue weighted by Crippen LogP contribution is 2.33. The van der Waals surface area contributed by atoms with Gasteiger partial charge in [0.1, 0.15) is 0 Å².